The number of amides is 1. The second-order valence-corrected chi connectivity index (χ2v) is 9.34. The maximum Gasteiger partial charge on any atom is 0.234 e. The smallest absolute Gasteiger partial charge is 0.234 e. The van der Waals surface area contributed by atoms with Gasteiger partial charge in [-0.05, 0) is 43.7 Å². The molecule has 146 valence electrons. The van der Waals surface area contributed by atoms with Crippen LogP contribution in [0.25, 0.3) is 10.2 Å². The number of thioether (sulfide) groups is 1. The Bertz CT molecular complexity index is 879. The van der Waals surface area contributed by atoms with Crippen molar-refractivity contribution in [1.29, 1.82) is 0 Å². The number of rotatable bonds is 7. The maximum atomic E-state index is 12.3. The zero-order valence-electron chi connectivity index (χ0n) is 15.8. The molecule has 0 spiro atoms. The summed E-state index contributed by atoms with van der Waals surface area (Å²) in [5.41, 5.74) is 1.09. The van der Waals surface area contributed by atoms with Crippen molar-refractivity contribution in [2.45, 2.75) is 23.7 Å². The van der Waals surface area contributed by atoms with Crippen molar-refractivity contribution in [3.8, 4) is 0 Å². The SMILES string of the molecule is O=C(CN1CCC[C@H](c2nc3ccccc3s2)C1)NCCSc1ccccc1. The Morgan fingerprint density at radius 3 is 2.86 bits per heavy atom. The molecular weight excluding hydrogens is 386 g/mol. The highest BCUT2D eigenvalue weighted by Crippen LogP contribution is 2.32. The van der Waals surface area contributed by atoms with Gasteiger partial charge in [0, 0.05) is 29.7 Å². The van der Waals surface area contributed by atoms with Crippen molar-refractivity contribution in [3.63, 3.8) is 0 Å². The summed E-state index contributed by atoms with van der Waals surface area (Å²) >= 11 is 3.57. The van der Waals surface area contributed by atoms with Crippen LogP contribution in [0.3, 0.4) is 0 Å². The zero-order chi connectivity index (χ0) is 19.2. The molecule has 1 amide bonds. The van der Waals surface area contributed by atoms with Gasteiger partial charge in [0.15, 0.2) is 0 Å². The Morgan fingerprint density at radius 1 is 1.18 bits per heavy atom. The van der Waals surface area contributed by atoms with Crippen LogP contribution in [0, 0.1) is 0 Å². The topological polar surface area (TPSA) is 45.2 Å². The molecule has 0 aliphatic carbocycles. The molecule has 4 nitrogen and oxygen atoms in total. The number of nitrogens with zero attached hydrogens (tertiary/aromatic N) is 2. The van der Waals surface area contributed by atoms with E-state index in [9.17, 15) is 4.79 Å². The number of hydrogen-bond acceptors (Lipinski definition) is 5. The lowest BCUT2D eigenvalue weighted by Gasteiger charge is -2.31. The molecule has 0 bridgehead atoms. The molecule has 2 heterocycles. The van der Waals surface area contributed by atoms with Crippen LogP contribution in [-0.2, 0) is 4.79 Å². The highest BCUT2D eigenvalue weighted by Gasteiger charge is 2.25. The molecule has 1 fully saturated rings. The van der Waals surface area contributed by atoms with Crippen LogP contribution >= 0.6 is 23.1 Å². The van der Waals surface area contributed by atoms with Crippen molar-refractivity contribution in [2.24, 2.45) is 0 Å². The monoisotopic (exact) mass is 411 g/mol. The van der Waals surface area contributed by atoms with E-state index >= 15 is 0 Å². The molecule has 3 aromatic rings. The van der Waals surface area contributed by atoms with Crippen LogP contribution in [0.15, 0.2) is 59.5 Å². The molecule has 0 saturated carbocycles. The van der Waals surface area contributed by atoms with Gasteiger partial charge in [0.1, 0.15) is 0 Å². The van der Waals surface area contributed by atoms with E-state index in [0.29, 0.717) is 19.0 Å². The first kappa shape index (κ1) is 19.4. The van der Waals surface area contributed by atoms with Crippen molar-refractivity contribution in [1.82, 2.24) is 15.2 Å². The molecular formula is C22H25N3OS2. The van der Waals surface area contributed by atoms with Crippen LogP contribution in [0.5, 0.6) is 0 Å². The zero-order valence-corrected chi connectivity index (χ0v) is 17.5. The molecule has 0 unspecified atom stereocenters. The molecule has 28 heavy (non-hydrogen) atoms. The second-order valence-electron chi connectivity index (χ2n) is 7.11. The molecule has 1 N–H and O–H groups in total. The average Bonchev–Trinajstić information content (AvgIpc) is 3.17. The lowest BCUT2D eigenvalue weighted by Crippen LogP contribution is -2.42. The lowest BCUT2D eigenvalue weighted by molar-refractivity contribution is -0.122. The van der Waals surface area contributed by atoms with Crippen molar-refractivity contribution >= 4 is 39.2 Å². The number of carbonyl (C=O) groups excluding carboxylic acids is 1. The summed E-state index contributed by atoms with van der Waals surface area (Å²) in [5.74, 6) is 1.45. The fourth-order valence-electron chi connectivity index (χ4n) is 3.60. The third kappa shape index (κ3) is 5.13. The largest absolute Gasteiger partial charge is 0.354 e. The molecule has 1 aromatic heterocycles. The standard InChI is InChI=1S/C22H25N3OS2/c26-21(23-12-14-27-18-8-2-1-3-9-18)16-25-13-6-7-17(15-25)22-24-19-10-4-5-11-20(19)28-22/h1-5,8-11,17H,6-7,12-16H2,(H,23,26)/t17-/m0/s1. The van der Waals surface area contributed by atoms with Gasteiger partial charge in [-0.15, -0.1) is 23.1 Å². The number of aromatic nitrogens is 1. The van der Waals surface area contributed by atoms with Gasteiger partial charge < -0.3 is 5.32 Å². The highest BCUT2D eigenvalue weighted by molar-refractivity contribution is 7.99. The second kappa shape index (κ2) is 9.54. The Balaban J connectivity index is 1.23. The summed E-state index contributed by atoms with van der Waals surface area (Å²) in [4.78, 5) is 20.7. The number of para-hydroxylation sites is 1. The summed E-state index contributed by atoms with van der Waals surface area (Å²) in [6.07, 6.45) is 2.28. The van der Waals surface area contributed by atoms with E-state index < -0.39 is 0 Å². The number of benzene rings is 2. The molecule has 4 rings (SSSR count). The van der Waals surface area contributed by atoms with Crippen LogP contribution in [-0.4, -0.2) is 47.7 Å². The van der Waals surface area contributed by atoms with Gasteiger partial charge >= 0.3 is 0 Å². The number of thiazole rings is 1. The Hall–Kier alpha value is -1.89. The average molecular weight is 412 g/mol. The summed E-state index contributed by atoms with van der Waals surface area (Å²) in [6.45, 7) is 3.10. The first-order chi connectivity index (χ1) is 13.8. The molecule has 6 heteroatoms. The molecule has 1 atom stereocenters. The molecule has 1 aliphatic heterocycles. The van der Waals surface area contributed by atoms with Crippen LogP contribution in [0.2, 0.25) is 0 Å². The van der Waals surface area contributed by atoms with E-state index in [0.717, 1.165) is 37.2 Å². The Kier molecular flexibility index (Phi) is 6.62. The number of piperidine rings is 1. The number of carbonyl (C=O) groups is 1. The summed E-state index contributed by atoms with van der Waals surface area (Å²) < 4.78 is 1.25. The van der Waals surface area contributed by atoms with Crippen LogP contribution < -0.4 is 5.32 Å². The van der Waals surface area contributed by atoms with Gasteiger partial charge in [-0.2, -0.15) is 0 Å². The summed E-state index contributed by atoms with van der Waals surface area (Å²) in [5, 5.41) is 4.28. The highest BCUT2D eigenvalue weighted by atomic mass is 32.2. The number of fused-ring (bicyclic) bond motifs is 1. The Morgan fingerprint density at radius 2 is 2.00 bits per heavy atom. The maximum absolute atomic E-state index is 12.3. The number of hydrogen-bond donors (Lipinski definition) is 1. The fourth-order valence-corrected chi connectivity index (χ4v) is 5.48. The molecule has 0 radical (unpaired) electrons. The van der Waals surface area contributed by atoms with Gasteiger partial charge in [-0.25, -0.2) is 4.98 Å². The quantitative estimate of drug-likeness (QED) is 0.463. The normalized spacial score (nSPS) is 17.6. The minimum absolute atomic E-state index is 0.124. The first-order valence-electron chi connectivity index (χ1n) is 9.80. The number of likely N-dealkylation sites (tertiary alicyclic amines) is 1. The van der Waals surface area contributed by atoms with Crippen molar-refractivity contribution in [2.75, 3.05) is 31.9 Å². The van der Waals surface area contributed by atoms with Crippen LogP contribution in [0.1, 0.15) is 23.8 Å². The van der Waals surface area contributed by atoms with Crippen LogP contribution in [0.4, 0.5) is 0 Å². The van der Waals surface area contributed by atoms with Crippen molar-refractivity contribution < 1.29 is 4.79 Å². The van der Waals surface area contributed by atoms with E-state index in [2.05, 4.69) is 40.5 Å². The third-order valence-corrected chi connectivity index (χ3v) is 7.18. The van der Waals surface area contributed by atoms with E-state index in [1.54, 1.807) is 23.1 Å². The predicted octanol–water partition coefficient (Wildman–Crippen LogP) is 4.38. The minimum Gasteiger partial charge on any atom is -0.354 e. The van der Waals surface area contributed by atoms with Gasteiger partial charge in [-0.3, -0.25) is 9.69 Å². The molecule has 2 aromatic carbocycles. The van der Waals surface area contributed by atoms with Gasteiger partial charge in [0.2, 0.25) is 5.91 Å². The van der Waals surface area contributed by atoms with E-state index in [-0.39, 0.29) is 5.91 Å². The first-order valence-corrected chi connectivity index (χ1v) is 11.6. The third-order valence-electron chi connectivity index (χ3n) is 4.97. The summed E-state index contributed by atoms with van der Waals surface area (Å²) in [7, 11) is 0. The molecule has 1 aliphatic rings. The number of nitrogens with one attached hydrogen (secondary N) is 1. The summed E-state index contributed by atoms with van der Waals surface area (Å²) in [6, 6.07) is 18.6. The van der Waals surface area contributed by atoms with Crippen molar-refractivity contribution in [3.05, 3.63) is 59.6 Å². The van der Waals surface area contributed by atoms with E-state index in [1.807, 2.05) is 24.3 Å². The predicted molar refractivity (Wildman–Crippen MR) is 118 cm³/mol. The lowest BCUT2D eigenvalue weighted by atomic mass is 9.99. The van der Waals surface area contributed by atoms with Gasteiger partial charge in [-0.1, -0.05) is 30.3 Å². The van der Waals surface area contributed by atoms with Gasteiger partial charge in [0.25, 0.3) is 0 Å². The van der Waals surface area contributed by atoms with E-state index in [1.165, 1.54) is 14.6 Å². The van der Waals surface area contributed by atoms with Gasteiger partial charge in [0.05, 0.1) is 21.8 Å². The fraction of sp³-hybridized carbons (Fsp3) is 0.364. The Labute approximate surface area is 174 Å². The molecule has 1 saturated heterocycles. The minimum atomic E-state index is 0.124. The van der Waals surface area contributed by atoms with E-state index in [4.69, 9.17) is 4.98 Å².